The zero-order chi connectivity index (χ0) is 19.4. The molecule has 0 saturated carbocycles. The van der Waals surface area contributed by atoms with Crippen LogP contribution in [0.5, 0.6) is 11.5 Å². The molecule has 0 unspecified atom stereocenters. The Morgan fingerprint density at radius 3 is 2.78 bits per heavy atom. The fraction of sp³-hybridized carbons (Fsp3) is 0.125. The van der Waals surface area contributed by atoms with Crippen molar-refractivity contribution < 1.29 is 19.3 Å². The van der Waals surface area contributed by atoms with Crippen molar-refractivity contribution in [2.24, 2.45) is 0 Å². The monoisotopic (exact) mass is 379 g/mol. The van der Waals surface area contributed by atoms with Crippen LogP contribution in [0.25, 0.3) is 10.9 Å². The van der Waals surface area contributed by atoms with E-state index in [4.69, 9.17) is 15.0 Å². The molecular weight excluding hydrogens is 365 g/mol. The van der Waals surface area contributed by atoms with Crippen molar-refractivity contribution in [2.45, 2.75) is 0 Å². The maximum Gasteiger partial charge on any atom is 0.163 e. The smallest absolute Gasteiger partial charge is 0.163 e. The number of anilines is 2. The van der Waals surface area contributed by atoms with E-state index in [1.165, 1.54) is 18.5 Å². The lowest BCUT2D eigenvalue weighted by Gasteiger charge is -2.19. The summed E-state index contributed by atoms with van der Waals surface area (Å²) in [5.74, 6) is -0.208. The second-order valence-corrected chi connectivity index (χ2v) is 5.53. The van der Waals surface area contributed by atoms with Crippen LogP contribution >= 0.6 is 15.9 Å². The summed E-state index contributed by atoms with van der Waals surface area (Å²) in [6.45, 7) is -5.35. The van der Waals surface area contributed by atoms with Crippen LogP contribution in [-0.2, 0) is 0 Å². The highest BCUT2D eigenvalue weighted by atomic mass is 79.9. The highest BCUT2D eigenvalue weighted by molar-refractivity contribution is 9.10. The lowest BCUT2D eigenvalue weighted by atomic mass is 10.2. The number of ether oxygens (including phenoxy) is 2. The van der Waals surface area contributed by atoms with Gasteiger partial charge in [0.15, 0.2) is 17.3 Å². The molecule has 116 valence electrons. The molecular formula is C16H11BrFN3O2. The summed E-state index contributed by atoms with van der Waals surface area (Å²) in [7, 11) is 0. The summed E-state index contributed by atoms with van der Waals surface area (Å²) in [6.07, 6.45) is 1.27. The van der Waals surface area contributed by atoms with Gasteiger partial charge in [-0.25, -0.2) is 14.4 Å². The van der Waals surface area contributed by atoms with Crippen molar-refractivity contribution in [3.63, 3.8) is 0 Å². The minimum Gasteiger partial charge on any atom is -0.486 e. The van der Waals surface area contributed by atoms with Gasteiger partial charge in [0.1, 0.15) is 25.3 Å². The normalized spacial score (nSPS) is 20.1. The standard InChI is InChI=1S/C16H11BrFN3O2/c17-10-2-1-3-11(15(10)18)21-16-9-6-13-14(23-5-4-22-13)7-12(9)19-8-20-16/h1-3,6-8H,4-5H2,(H,19,20,21)/i4D2,5D2. The molecule has 2 aromatic carbocycles. The molecule has 2 heterocycles. The molecule has 0 bridgehead atoms. The summed E-state index contributed by atoms with van der Waals surface area (Å²) < 4.78 is 55.5. The van der Waals surface area contributed by atoms with Gasteiger partial charge in [0.05, 0.1) is 21.2 Å². The van der Waals surface area contributed by atoms with Gasteiger partial charge in [0, 0.05) is 11.5 Å². The summed E-state index contributed by atoms with van der Waals surface area (Å²) >= 11 is 3.12. The number of nitrogens with zero attached hydrogens (tertiary/aromatic N) is 2. The van der Waals surface area contributed by atoms with Crippen molar-refractivity contribution in [3.05, 3.63) is 46.9 Å². The minimum atomic E-state index is -2.69. The van der Waals surface area contributed by atoms with Crippen molar-refractivity contribution in [1.29, 1.82) is 0 Å². The molecule has 0 aliphatic carbocycles. The van der Waals surface area contributed by atoms with Gasteiger partial charge in [0.2, 0.25) is 0 Å². The second-order valence-electron chi connectivity index (χ2n) is 4.67. The lowest BCUT2D eigenvalue weighted by molar-refractivity contribution is 0.172. The van der Waals surface area contributed by atoms with Crippen LogP contribution in [0.15, 0.2) is 41.1 Å². The average molecular weight is 380 g/mol. The number of halogens is 2. The van der Waals surface area contributed by atoms with Crippen LogP contribution in [0.2, 0.25) is 0 Å². The van der Waals surface area contributed by atoms with Gasteiger partial charge >= 0.3 is 0 Å². The number of aromatic nitrogens is 2. The molecule has 0 amide bonds. The van der Waals surface area contributed by atoms with E-state index in [9.17, 15) is 4.39 Å². The molecule has 0 spiro atoms. The van der Waals surface area contributed by atoms with E-state index in [1.807, 2.05) is 0 Å². The van der Waals surface area contributed by atoms with Gasteiger partial charge < -0.3 is 14.8 Å². The molecule has 0 saturated heterocycles. The van der Waals surface area contributed by atoms with Gasteiger partial charge in [0.25, 0.3) is 0 Å². The third kappa shape index (κ3) is 2.57. The van der Waals surface area contributed by atoms with Crippen LogP contribution in [-0.4, -0.2) is 23.1 Å². The minimum absolute atomic E-state index is 0.00445. The Morgan fingerprint density at radius 2 is 1.96 bits per heavy atom. The first-order valence-electron chi connectivity index (χ1n) is 8.56. The number of benzene rings is 2. The van der Waals surface area contributed by atoms with Gasteiger partial charge in [-0.05, 0) is 34.1 Å². The molecule has 1 aromatic heterocycles. The Labute approximate surface area is 145 Å². The molecule has 1 aliphatic heterocycles. The third-order valence-electron chi connectivity index (χ3n) is 3.27. The van der Waals surface area contributed by atoms with Crippen molar-refractivity contribution >= 4 is 38.3 Å². The van der Waals surface area contributed by atoms with E-state index in [0.29, 0.717) is 10.9 Å². The van der Waals surface area contributed by atoms with E-state index in [-0.39, 0.29) is 27.5 Å². The maximum absolute atomic E-state index is 14.3. The Bertz CT molecular complexity index is 1070. The van der Waals surface area contributed by atoms with Gasteiger partial charge in [-0.3, -0.25) is 0 Å². The Hall–Kier alpha value is -2.41. The summed E-state index contributed by atoms with van der Waals surface area (Å²) in [6, 6.07) is 7.61. The van der Waals surface area contributed by atoms with Crippen molar-refractivity contribution in [3.8, 4) is 11.5 Å². The predicted octanol–water partition coefficient (Wildman–Crippen LogP) is 4.05. The summed E-state index contributed by atoms with van der Waals surface area (Å²) in [4.78, 5) is 8.23. The Kier molecular flexibility index (Phi) is 2.55. The fourth-order valence-corrected chi connectivity index (χ4v) is 2.57. The average Bonchev–Trinajstić information content (AvgIpc) is 2.58. The molecule has 1 N–H and O–H groups in total. The molecule has 5 nitrogen and oxygen atoms in total. The molecule has 3 aromatic rings. The number of hydrogen-bond acceptors (Lipinski definition) is 5. The van der Waals surface area contributed by atoms with Crippen LogP contribution in [0, 0.1) is 5.82 Å². The summed E-state index contributed by atoms with van der Waals surface area (Å²) in [5, 5.41) is 3.31. The SMILES string of the molecule is [2H]C1([2H])Oc2cc3ncnc(Nc4cccc(Br)c4F)c3cc2OC1([2H])[2H]. The molecule has 4 rings (SSSR count). The predicted molar refractivity (Wildman–Crippen MR) is 87.9 cm³/mol. The van der Waals surface area contributed by atoms with Crippen molar-refractivity contribution in [2.75, 3.05) is 18.4 Å². The zero-order valence-electron chi connectivity index (χ0n) is 15.4. The number of fused-ring (bicyclic) bond motifs is 2. The molecule has 7 heteroatoms. The molecule has 1 aliphatic rings. The first-order valence-corrected chi connectivity index (χ1v) is 7.35. The first-order chi connectivity index (χ1) is 12.7. The first kappa shape index (κ1) is 10.4. The second kappa shape index (κ2) is 5.66. The van der Waals surface area contributed by atoms with Gasteiger partial charge in [-0.15, -0.1) is 0 Å². The van der Waals surface area contributed by atoms with E-state index in [0.717, 1.165) is 0 Å². The highest BCUT2D eigenvalue weighted by Crippen LogP contribution is 2.36. The fourth-order valence-electron chi connectivity index (χ4n) is 2.20. The highest BCUT2D eigenvalue weighted by Gasteiger charge is 2.16. The number of nitrogens with one attached hydrogen (secondary N) is 1. The maximum atomic E-state index is 14.3. The van der Waals surface area contributed by atoms with Crippen LogP contribution in [0.4, 0.5) is 15.9 Å². The van der Waals surface area contributed by atoms with Crippen LogP contribution in [0.1, 0.15) is 5.48 Å². The van der Waals surface area contributed by atoms with Crippen molar-refractivity contribution in [1.82, 2.24) is 9.97 Å². The quantitative estimate of drug-likeness (QED) is 0.727. The molecule has 0 atom stereocenters. The summed E-state index contributed by atoms with van der Waals surface area (Å²) in [5.41, 5.74) is 0.578. The Morgan fingerprint density at radius 1 is 1.17 bits per heavy atom. The Balaban J connectivity index is 1.82. The molecule has 23 heavy (non-hydrogen) atoms. The lowest BCUT2D eigenvalue weighted by Crippen LogP contribution is -2.15. The van der Waals surface area contributed by atoms with E-state index < -0.39 is 18.9 Å². The van der Waals surface area contributed by atoms with E-state index in [2.05, 4.69) is 31.2 Å². The van der Waals surface area contributed by atoms with Gasteiger partial charge in [-0.1, -0.05) is 6.07 Å². The number of rotatable bonds is 2. The van der Waals surface area contributed by atoms with E-state index >= 15 is 0 Å². The number of hydrogen-bond donors (Lipinski definition) is 1. The third-order valence-corrected chi connectivity index (χ3v) is 3.88. The van der Waals surface area contributed by atoms with E-state index in [1.54, 1.807) is 18.2 Å². The molecule has 0 radical (unpaired) electrons. The topological polar surface area (TPSA) is 56.3 Å². The van der Waals surface area contributed by atoms with Crippen LogP contribution in [0.3, 0.4) is 0 Å². The van der Waals surface area contributed by atoms with Crippen LogP contribution < -0.4 is 14.8 Å². The zero-order valence-corrected chi connectivity index (χ0v) is 13.0. The molecule has 0 fully saturated rings. The van der Waals surface area contributed by atoms with Gasteiger partial charge in [-0.2, -0.15) is 0 Å². The largest absolute Gasteiger partial charge is 0.486 e.